The number of aromatic amines is 1. The highest BCUT2D eigenvalue weighted by Gasteiger charge is 2.32. The standard InChI is InChI=1S/C20H19F3N4S/c1-19(2,3)15-10-8-13(9-11-15)17-25-26-18(28)27(17)24-12-14-6-4-5-7-16(14)20(21,22)23/h4-12H,1-3H3,(H,26,28)/b24-12+. The topological polar surface area (TPSA) is 46.0 Å². The van der Waals surface area contributed by atoms with E-state index in [1.165, 1.54) is 22.9 Å². The van der Waals surface area contributed by atoms with Crippen LogP contribution in [0.3, 0.4) is 0 Å². The smallest absolute Gasteiger partial charge is 0.250 e. The Morgan fingerprint density at radius 2 is 1.68 bits per heavy atom. The second-order valence-electron chi connectivity index (χ2n) is 7.32. The average molecular weight is 404 g/mol. The molecule has 0 fully saturated rings. The molecule has 0 amide bonds. The summed E-state index contributed by atoms with van der Waals surface area (Å²) in [5.74, 6) is 0.422. The zero-order valence-electron chi connectivity index (χ0n) is 15.6. The summed E-state index contributed by atoms with van der Waals surface area (Å²) in [5.41, 5.74) is 1.10. The normalized spacial score (nSPS) is 12.6. The molecule has 0 saturated heterocycles. The van der Waals surface area contributed by atoms with Gasteiger partial charge in [0.1, 0.15) is 0 Å². The quantitative estimate of drug-likeness (QED) is 0.443. The fourth-order valence-corrected chi connectivity index (χ4v) is 2.87. The maximum absolute atomic E-state index is 13.2. The molecule has 0 atom stereocenters. The number of halogens is 3. The van der Waals surface area contributed by atoms with Crippen molar-refractivity contribution in [1.82, 2.24) is 14.9 Å². The fourth-order valence-electron chi connectivity index (χ4n) is 2.69. The van der Waals surface area contributed by atoms with Gasteiger partial charge in [-0.3, -0.25) is 0 Å². The first-order chi connectivity index (χ1) is 13.1. The Balaban J connectivity index is 1.99. The zero-order chi connectivity index (χ0) is 20.5. The molecule has 0 aliphatic heterocycles. The lowest BCUT2D eigenvalue weighted by molar-refractivity contribution is -0.137. The van der Waals surface area contributed by atoms with Crippen molar-refractivity contribution in [2.24, 2.45) is 5.10 Å². The number of rotatable bonds is 3. The van der Waals surface area contributed by atoms with Crippen molar-refractivity contribution in [2.75, 3.05) is 0 Å². The summed E-state index contributed by atoms with van der Waals surface area (Å²) in [4.78, 5) is 0. The van der Waals surface area contributed by atoms with E-state index in [0.29, 0.717) is 5.82 Å². The number of hydrogen-bond acceptors (Lipinski definition) is 3. The minimum Gasteiger partial charge on any atom is -0.250 e. The van der Waals surface area contributed by atoms with Gasteiger partial charge in [0.15, 0.2) is 5.82 Å². The first-order valence-corrected chi connectivity index (χ1v) is 8.97. The molecule has 28 heavy (non-hydrogen) atoms. The Hall–Kier alpha value is -2.74. The molecular formula is C20H19F3N4S. The Labute approximate surface area is 165 Å². The second kappa shape index (κ2) is 7.35. The summed E-state index contributed by atoms with van der Waals surface area (Å²) in [6.45, 7) is 6.33. The van der Waals surface area contributed by atoms with E-state index in [0.717, 1.165) is 23.4 Å². The van der Waals surface area contributed by atoms with Crippen LogP contribution in [0.1, 0.15) is 37.5 Å². The summed E-state index contributed by atoms with van der Waals surface area (Å²) in [6.07, 6.45) is -3.33. The molecule has 1 aromatic heterocycles. The molecule has 146 valence electrons. The van der Waals surface area contributed by atoms with Crippen LogP contribution in [-0.2, 0) is 11.6 Å². The molecule has 0 aliphatic carbocycles. The molecule has 0 bridgehead atoms. The SMILES string of the molecule is CC(C)(C)c1ccc(-c2n[nH]c(=S)n2/N=C/c2ccccc2C(F)(F)F)cc1. The molecule has 0 unspecified atom stereocenters. The van der Waals surface area contributed by atoms with Crippen molar-refractivity contribution < 1.29 is 13.2 Å². The summed E-state index contributed by atoms with van der Waals surface area (Å²) < 4.78 is 41.0. The van der Waals surface area contributed by atoms with Gasteiger partial charge in [-0.2, -0.15) is 28.0 Å². The lowest BCUT2D eigenvalue weighted by atomic mass is 9.87. The maximum Gasteiger partial charge on any atom is 0.417 e. The van der Waals surface area contributed by atoms with Crippen LogP contribution in [0.2, 0.25) is 0 Å². The second-order valence-corrected chi connectivity index (χ2v) is 7.71. The van der Waals surface area contributed by atoms with Crippen LogP contribution >= 0.6 is 12.2 Å². The highest BCUT2D eigenvalue weighted by molar-refractivity contribution is 7.71. The van der Waals surface area contributed by atoms with Gasteiger partial charge in [-0.05, 0) is 29.3 Å². The van der Waals surface area contributed by atoms with Gasteiger partial charge >= 0.3 is 6.18 Å². The van der Waals surface area contributed by atoms with Gasteiger partial charge in [-0.15, -0.1) is 0 Å². The molecule has 0 radical (unpaired) electrons. The van der Waals surface area contributed by atoms with Crippen LogP contribution in [0.25, 0.3) is 11.4 Å². The number of nitrogens with one attached hydrogen (secondary N) is 1. The van der Waals surface area contributed by atoms with Crippen molar-refractivity contribution in [3.05, 3.63) is 70.0 Å². The van der Waals surface area contributed by atoms with Crippen molar-refractivity contribution in [3.63, 3.8) is 0 Å². The van der Waals surface area contributed by atoms with Gasteiger partial charge in [0, 0.05) is 11.1 Å². The Bertz CT molecular complexity index is 1050. The van der Waals surface area contributed by atoms with E-state index >= 15 is 0 Å². The highest BCUT2D eigenvalue weighted by Crippen LogP contribution is 2.31. The first kappa shape index (κ1) is 20.0. The molecule has 0 aliphatic rings. The van der Waals surface area contributed by atoms with E-state index in [-0.39, 0.29) is 15.7 Å². The number of alkyl halides is 3. The van der Waals surface area contributed by atoms with Gasteiger partial charge < -0.3 is 0 Å². The van der Waals surface area contributed by atoms with Crippen LogP contribution in [0.4, 0.5) is 13.2 Å². The zero-order valence-corrected chi connectivity index (χ0v) is 16.4. The number of aromatic nitrogens is 3. The van der Waals surface area contributed by atoms with E-state index in [9.17, 15) is 13.2 Å². The average Bonchev–Trinajstić information content (AvgIpc) is 2.99. The fraction of sp³-hybridized carbons (Fsp3) is 0.250. The molecule has 8 heteroatoms. The van der Waals surface area contributed by atoms with Crippen LogP contribution in [0, 0.1) is 4.77 Å². The third-order valence-corrected chi connectivity index (χ3v) is 4.50. The van der Waals surface area contributed by atoms with Crippen LogP contribution < -0.4 is 0 Å². The molecule has 0 spiro atoms. The largest absolute Gasteiger partial charge is 0.417 e. The van der Waals surface area contributed by atoms with Crippen LogP contribution in [0.15, 0.2) is 53.6 Å². The van der Waals surface area contributed by atoms with E-state index in [4.69, 9.17) is 12.2 Å². The summed E-state index contributed by atoms with van der Waals surface area (Å²) in [7, 11) is 0. The summed E-state index contributed by atoms with van der Waals surface area (Å²) >= 11 is 5.19. The molecular weight excluding hydrogens is 385 g/mol. The van der Waals surface area contributed by atoms with Gasteiger partial charge in [-0.1, -0.05) is 63.2 Å². The Morgan fingerprint density at radius 3 is 2.29 bits per heavy atom. The summed E-state index contributed by atoms with van der Waals surface area (Å²) in [5, 5.41) is 11.0. The summed E-state index contributed by atoms with van der Waals surface area (Å²) in [6, 6.07) is 13.0. The molecule has 0 saturated carbocycles. The van der Waals surface area contributed by atoms with Crippen molar-refractivity contribution >= 4 is 18.4 Å². The number of hydrogen-bond donors (Lipinski definition) is 1. The van der Waals surface area contributed by atoms with Gasteiger partial charge in [0.25, 0.3) is 0 Å². The minimum absolute atomic E-state index is 0.00269. The highest BCUT2D eigenvalue weighted by atomic mass is 32.1. The molecule has 2 aromatic carbocycles. The number of H-pyrrole nitrogens is 1. The van der Waals surface area contributed by atoms with Gasteiger partial charge in [0.05, 0.1) is 11.8 Å². The molecule has 3 aromatic rings. The lowest BCUT2D eigenvalue weighted by Gasteiger charge is -2.18. The number of benzene rings is 2. The predicted molar refractivity (Wildman–Crippen MR) is 106 cm³/mol. The third-order valence-electron chi connectivity index (χ3n) is 4.24. The maximum atomic E-state index is 13.2. The van der Waals surface area contributed by atoms with E-state index in [2.05, 4.69) is 36.1 Å². The van der Waals surface area contributed by atoms with Crippen LogP contribution in [0.5, 0.6) is 0 Å². The van der Waals surface area contributed by atoms with E-state index in [1.807, 2.05) is 24.3 Å². The molecule has 1 heterocycles. The molecule has 1 N–H and O–H groups in total. The predicted octanol–water partition coefficient (Wildman–Crippen LogP) is 5.81. The molecule has 3 rings (SSSR count). The number of nitrogens with zero attached hydrogens (tertiary/aromatic N) is 3. The van der Waals surface area contributed by atoms with Crippen LogP contribution in [-0.4, -0.2) is 21.1 Å². The van der Waals surface area contributed by atoms with Gasteiger partial charge in [-0.25, -0.2) is 5.10 Å². The lowest BCUT2D eigenvalue weighted by Crippen LogP contribution is -2.10. The first-order valence-electron chi connectivity index (χ1n) is 8.56. The Morgan fingerprint density at radius 1 is 1.04 bits per heavy atom. The van der Waals surface area contributed by atoms with E-state index < -0.39 is 11.7 Å². The van der Waals surface area contributed by atoms with Gasteiger partial charge in [0.2, 0.25) is 4.77 Å². The monoisotopic (exact) mass is 404 g/mol. The minimum atomic E-state index is -4.47. The van der Waals surface area contributed by atoms with Crippen molar-refractivity contribution in [1.29, 1.82) is 0 Å². The molecule has 4 nitrogen and oxygen atoms in total. The van der Waals surface area contributed by atoms with E-state index in [1.54, 1.807) is 0 Å². The Kier molecular flexibility index (Phi) is 5.25. The van der Waals surface area contributed by atoms with Crippen molar-refractivity contribution in [2.45, 2.75) is 32.4 Å². The third kappa shape index (κ3) is 4.22. The van der Waals surface area contributed by atoms with Crippen molar-refractivity contribution in [3.8, 4) is 11.4 Å².